The van der Waals surface area contributed by atoms with E-state index in [9.17, 15) is 0 Å². The zero-order valence-corrected chi connectivity index (χ0v) is 28.7. The average molecular weight is 665 g/mol. The molecule has 0 fully saturated rings. The van der Waals surface area contributed by atoms with Crippen LogP contribution in [0.2, 0.25) is 0 Å². The predicted octanol–water partition coefficient (Wildman–Crippen LogP) is 14.7. The van der Waals surface area contributed by atoms with Gasteiger partial charge in [-0.2, -0.15) is 0 Å². The summed E-state index contributed by atoms with van der Waals surface area (Å²) in [4.78, 5) is 0. The van der Waals surface area contributed by atoms with Gasteiger partial charge in [-0.1, -0.05) is 182 Å². The van der Waals surface area contributed by atoms with Gasteiger partial charge in [0.15, 0.2) is 0 Å². The molecule has 0 saturated carbocycles. The van der Waals surface area contributed by atoms with Crippen LogP contribution in [0.4, 0.5) is 0 Å². The molecule has 51 heavy (non-hydrogen) atoms. The molecule has 0 spiro atoms. The molecule has 10 rings (SSSR count). The predicted molar refractivity (Wildman–Crippen MR) is 222 cm³/mol. The van der Waals surface area contributed by atoms with Gasteiger partial charge in [-0.3, -0.25) is 0 Å². The summed E-state index contributed by atoms with van der Waals surface area (Å²) in [6.07, 6.45) is 0. The molecule has 1 aromatic heterocycles. The highest BCUT2D eigenvalue weighted by Crippen LogP contribution is 2.47. The highest BCUT2D eigenvalue weighted by atomic mass is 32.1. The highest BCUT2D eigenvalue weighted by molar-refractivity contribution is 7.26. The van der Waals surface area contributed by atoms with E-state index in [1.165, 1.54) is 97.4 Å². The van der Waals surface area contributed by atoms with Crippen LogP contribution >= 0.6 is 11.3 Å². The van der Waals surface area contributed by atoms with E-state index >= 15 is 0 Å². The van der Waals surface area contributed by atoms with Gasteiger partial charge in [0.1, 0.15) is 0 Å². The van der Waals surface area contributed by atoms with Gasteiger partial charge in [0.25, 0.3) is 0 Å². The molecule has 0 aliphatic rings. The first-order valence-corrected chi connectivity index (χ1v) is 18.3. The number of benzene rings is 9. The second-order valence-corrected chi connectivity index (χ2v) is 14.3. The van der Waals surface area contributed by atoms with Crippen molar-refractivity contribution < 1.29 is 0 Å². The lowest BCUT2D eigenvalue weighted by molar-refractivity contribution is 1.59. The Kier molecular flexibility index (Phi) is 7.11. The Balaban J connectivity index is 1.16. The van der Waals surface area contributed by atoms with Gasteiger partial charge >= 0.3 is 0 Å². The molecule has 1 heteroatoms. The van der Waals surface area contributed by atoms with E-state index in [1.807, 2.05) is 11.3 Å². The third-order valence-electron chi connectivity index (χ3n) is 10.3. The van der Waals surface area contributed by atoms with Gasteiger partial charge < -0.3 is 0 Å². The summed E-state index contributed by atoms with van der Waals surface area (Å²) in [6.45, 7) is 0. The van der Waals surface area contributed by atoms with Gasteiger partial charge in [-0.25, -0.2) is 0 Å². The summed E-state index contributed by atoms with van der Waals surface area (Å²) in [5.74, 6) is 0. The topological polar surface area (TPSA) is 0 Å². The maximum absolute atomic E-state index is 2.33. The molecule has 9 aromatic carbocycles. The van der Waals surface area contributed by atoms with Crippen LogP contribution in [0.1, 0.15) is 0 Å². The number of fused-ring (bicyclic) bond motifs is 5. The van der Waals surface area contributed by atoms with E-state index in [1.54, 1.807) is 0 Å². The molecule has 0 bridgehead atoms. The molecule has 10 aromatic rings. The number of thiophene rings is 1. The SMILES string of the molecule is c1ccc(-c2ccc(-c3c(-c4ccc(-c5c6ccccc6c(-c6ccccc6)c6ccccc56)cc4)ccc4sc5ccccc5c34)cc2)cc1. The fourth-order valence-electron chi connectivity index (χ4n) is 7.99. The molecule has 0 saturated heterocycles. The Hall–Kier alpha value is -6.28. The molecule has 0 aliphatic carbocycles. The zero-order chi connectivity index (χ0) is 33.7. The van der Waals surface area contributed by atoms with Crippen LogP contribution in [0, 0.1) is 0 Å². The molecular weight excluding hydrogens is 633 g/mol. The largest absolute Gasteiger partial charge is 0.135 e. The fraction of sp³-hybridized carbons (Fsp3) is 0. The molecule has 238 valence electrons. The number of hydrogen-bond donors (Lipinski definition) is 0. The van der Waals surface area contributed by atoms with E-state index in [-0.39, 0.29) is 0 Å². The van der Waals surface area contributed by atoms with Gasteiger partial charge in [0.05, 0.1) is 0 Å². The summed E-state index contributed by atoms with van der Waals surface area (Å²) in [5, 5.41) is 7.74. The normalized spacial score (nSPS) is 11.5. The Morgan fingerprint density at radius 2 is 0.627 bits per heavy atom. The zero-order valence-electron chi connectivity index (χ0n) is 27.9. The first kappa shape index (κ1) is 29.6. The monoisotopic (exact) mass is 664 g/mol. The molecule has 0 unspecified atom stereocenters. The Morgan fingerprint density at radius 1 is 0.235 bits per heavy atom. The first-order valence-electron chi connectivity index (χ1n) is 17.5. The van der Waals surface area contributed by atoms with Crippen molar-refractivity contribution in [1.82, 2.24) is 0 Å². The molecule has 0 N–H and O–H groups in total. The van der Waals surface area contributed by atoms with Crippen molar-refractivity contribution in [2.75, 3.05) is 0 Å². The summed E-state index contributed by atoms with van der Waals surface area (Å²) >= 11 is 1.88. The standard InChI is InChI=1S/C50H32S/c1-3-13-33(14-4-1)34-23-27-38(28-24-34)49-39(31-32-46-50(49)44-21-11-12-22-45(44)51-46)35-25-29-37(30-26-35)48-42-19-9-7-17-40(42)47(36-15-5-2-6-16-36)41-18-8-10-20-43(41)48/h1-32H. The molecule has 0 amide bonds. The Labute approximate surface area is 301 Å². The quantitative estimate of drug-likeness (QED) is 0.161. The molecule has 0 atom stereocenters. The van der Waals surface area contributed by atoms with Gasteiger partial charge in [-0.05, 0) is 89.3 Å². The Bertz CT molecular complexity index is 2800. The van der Waals surface area contributed by atoms with Crippen molar-refractivity contribution in [3.8, 4) is 55.6 Å². The second-order valence-electron chi connectivity index (χ2n) is 13.2. The van der Waals surface area contributed by atoms with Crippen LogP contribution in [-0.4, -0.2) is 0 Å². The fourth-order valence-corrected chi connectivity index (χ4v) is 9.10. The average Bonchev–Trinajstić information content (AvgIpc) is 3.59. The molecular formula is C50H32S. The van der Waals surface area contributed by atoms with Crippen molar-refractivity contribution in [3.05, 3.63) is 194 Å². The van der Waals surface area contributed by atoms with Crippen LogP contribution in [-0.2, 0) is 0 Å². The van der Waals surface area contributed by atoms with Crippen LogP contribution in [0.3, 0.4) is 0 Å². The lowest BCUT2D eigenvalue weighted by Gasteiger charge is -2.18. The van der Waals surface area contributed by atoms with E-state index in [0.717, 1.165) is 0 Å². The molecule has 0 aliphatic heterocycles. The smallest absolute Gasteiger partial charge is 0.0362 e. The molecule has 1 heterocycles. The first-order chi connectivity index (χ1) is 25.3. The van der Waals surface area contributed by atoms with Gasteiger partial charge in [0, 0.05) is 20.2 Å². The lowest BCUT2D eigenvalue weighted by atomic mass is 9.85. The van der Waals surface area contributed by atoms with E-state index in [4.69, 9.17) is 0 Å². The lowest BCUT2D eigenvalue weighted by Crippen LogP contribution is -1.91. The van der Waals surface area contributed by atoms with Crippen LogP contribution in [0.5, 0.6) is 0 Å². The van der Waals surface area contributed by atoms with E-state index in [2.05, 4.69) is 194 Å². The Morgan fingerprint density at radius 3 is 1.20 bits per heavy atom. The minimum Gasteiger partial charge on any atom is -0.135 e. The summed E-state index contributed by atoms with van der Waals surface area (Å²) < 4.78 is 2.63. The maximum Gasteiger partial charge on any atom is 0.0362 e. The van der Waals surface area contributed by atoms with E-state index < -0.39 is 0 Å². The second kappa shape index (κ2) is 12.2. The number of hydrogen-bond acceptors (Lipinski definition) is 1. The molecule has 0 radical (unpaired) electrons. The van der Waals surface area contributed by atoms with Crippen LogP contribution in [0.15, 0.2) is 194 Å². The van der Waals surface area contributed by atoms with Gasteiger partial charge in [0.2, 0.25) is 0 Å². The molecule has 0 nitrogen and oxygen atoms in total. The third-order valence-corrected chi connectivity index (χ3v) is 11.4. The summed E-state index contributed by atoms with van der Waals surface area (Å²) in [6, 6.07) is 71.1. The van der Waals surface area contributed by atoms with Crippen molar-refractivity contribution in [2.45, 2.75) is 0 Å². The third kappa shape index (κ3) is 4.97. The van der Waals surface area contributed by atoms with Crippen molar-refractivity contribution in [1.29, 1.82) is 0 Å². The summed E-state index contributed by atoms with van der Waals surface area (Å²) in [5.41, 5.74) is 12.5. The van der Waals surface area contributed by atoms with E-state index in [0.29, 0.717) is 0 Å². The summed E-state index contributed by atoms with van der Waals surface area (Å²) in [7, 11) is 0. The van der Waals surface area contributed by atoms with Crippen LogP contribution < -0.4 is 0 Å². The van der Waals surface area contributed by atoms with Crippen molar-refractivity contribution in [2.24, 2.45) is 0 Å². The van der Waals surface area contributed by atoms with Crippen molar-refractivity contribution >= 4 is 53.1 Å². The minimum absolute atomic E-state index is 1.22. The maximum atomic E-state index is 2.33. The number of rotatable bonds is 5. The minimum atomic E-state index is 1.22. The highest BCUT2D eigenvalue weighted by Gasteiger charge is 2.19. The van der Waals surface area contributed by atoms with Crippen molar-refractivity contribution in [3.63, 3.8) is 0 Å². The van der Waals surface area contributed by atoms with Crippen LogP contribution in [0.25, 0.3) is 97.4 Å². The van der Waals surface area contributed by atoms with Gasteiger partial charge in [-0.15, -0.1) is 11.3 Å².